The van der Waals surface area contributed by atoms with Crippen LogP contribution in [-0.2, 0) is 16.1 Å². The van der Waals surface area contributed by atoms with Gasteiger partial charge in [-0.25, -0.2) is 14.8 Å². The number of amides is 1. The van der Waals surface area contributed by atoms with E-state index in [0.29, 0.717) is 28.4 Å². The van der Waals surface area contributed by atoms with E-state index in [-0.39, 0.29) is 18.4 Å². The summed E-state index contributed by atoms with van der Waals surface area (Å²) >= 11 is 5.87. The van der Waals surface area contributed by atoms with Gasteiger partial charge in [-0.3, -0.25) is 4.79 Å². The Bertz CT molecular complexity index is 1050. The summed E-state index contributed by atoms with van der Waals surface area (Å²) in [6.45, 7) is 5.78. The second kappa shape index (κ2) is 9.67. The second-order valence-electron chi connectivity index (χ2n) is 7.51. The summed E-state index contributed by atoms with van der Waals surface area (Å²) in [6.07, 6.45) is 0.459. The van der Waals surface area contributed by atoms with Gasteiger partial charge >= 0.3 is 5.97 Å². The molecule has 0 bridgehead atoms. The first-order chi connectivity index (χ1) is 14.3. The Labute approximate surface area is 180 Å². The van der Waals surface area contributed by atoms with Crippen LogP contribution >= 0.6 is 11.6 Å². The van der Waals surface area contributed by atoms with Crippen LogP contribution < -0.4 is 5.32 Å². The molecule has 1 amide bonds. The minimum atomic E-state index is -0.762. The van der Waals surface area contributed by atoms with E-state index < -0.39 is 12.0 Å². The molecule has 0 aliphatic rings. The van der Waals surface area contributed by atoms with Crippen LogP contribution in [0.1, 0.15) is 42.0 Å². The first-order valence-electron chi connectivity index (χ1n) is 9.79. The molecule has 0 aliphatic carbocycles. The summed E-state index contributed by atoms with van der Waals surface area (Å²) in [7, 11) is 0. The third-order valence-electron chi connectivity index (χ3n) is 4.60. The number of para-hydroxylation sites is 2. The van der Waals surface area contributed by atoms with E-state index in [2.05, 4.69) is 15.3 Å². The molecule has 1 aromatic heterocycles. The molecule has 6 nitrogen and oxygen atoms in total. The first-order valence-corrected chi connectivity index (χ1v) is 10.2. The standard InChI is InChI=1S/C23H24ClN3O3/c1-14(2)12-20(27-22(28)16-8-10-17(24)11-9-16)23(29)30-13-21-15(3)25-18-6-4-5-7-19(18)26-21/h4-11,14,20H,12-13H2,1-3H3,(H,27,28). The second-order valence-corrected chi connectivity index (χ2v) is 7.95. The Morgan fingerprint density at radius 2 is 1.67 bits per heavy atom. The molecule has 0 saturated carbocycles. The molecule has 3 rings (SSSR count). The van der Waals surface area contributed by atoms with E-state index in [9.17, 15) is 9.59 Å². The van der Waals surface area contributed by atoms with Crippen LogP contribution in [0, 0.1) is 12.8 Å². The number of benzene rings is 2. The normalized spacial score (nSPS) is 12.0. The van der Waals surface area contributed by atoms with Gasteiger partial charge < -0.3 is 10.1 Å². The molecule has 0 aliphatic heterocycles. The molecule has 2 aromatic carbocycles. The Balaban J connectivity index is 1.70. The van der Waals surface area contributed by atoms with Gasteiger partial charge in [0.2, 0.25) is 0 Å². The summed E-state index contributed by atoms with van der Waals surface area (Å²) in [4.78, 5) is 34.3. The highest BCUT2D eigenvalue weighted by Crippen LogP contribution is 2.15. The number of hydrogen-bond donors (Lipinski definition) is 1. The Morgan fingerprint density at radius 1 is 1.03 bits per heavy atom. The van der Waals surface area contributed by atoms with E-state index in [1.54, 1.807) is 24.3 Å². The third-order valence-corrected chi connectivity index (χ3v) is 4.85. The molecule has 1 atom stereocenters. The van der Waals surface area contributed by atoms with Crippen molar-refractivity contribution in [2.24, 2.45) is 5.92 Å². The predicted molar refractivity (Wildman–Crippen MR) is 116 cm³/mol. The average Bonchev–Trinajstić information content (AvgIpc) is 2.71. The number of esters is 1. The maximum Gasteiger partial charge on any atom is 0.329 e. The molecule has 30 heavy (non-hydrogen) atoms. The van der Waals surface area contributed by atoms with Crippen molar-refractivity contribution in [1.29, 1.82) is 0 Å². The lowest BCUT2D eigenvalue weighted by Gasteiger charge is -2.19. The highest BCUT2D eigenvalue weighted by Gasteiger charge is 2.24. The van der Waals surface area contributed by atoms with Crippen LogP contribution in [-0.4, -0.2) is 27.9 Å². The Hall–Kier alpha value is -2.99. The molecule has 7 heteroatoms. The van der Waals surface area contributed by atoms with Gasteiger partial charge in [0.15, 0.2) is 0 Å². The van der Waals surface area contributed by atoms with Crippen molar-refractivity contribution in [3.05, 3.63) is 70.5 Å². The number of fused-ring (bicyclic) bond motifs is 1. The zero-order valence-electron chi connectivity index (χ0n) is 17.2. The maximum atomic E-state index is 12.7. The number of hydrogen-bond acceptors (Lipinski definition) is 5. The molecule has 1 N–H and O–H groups in total. The van der Waals surface area contributed by atoms with Gasteiger partial charge in [-0.2, -0.15) is 0 Å². The highest BCUT2D eigenvalue weighted by atomic mass is 35.5. The number of ether oxygens (including phenoxy) is 1. The molecular weight excluding hydrogens is 402 g/mol. The van der Waals surface area contributed by atoms with Crippen LogP contribution in [0.5, 0.6) is 0 Å². The smallest absolute Gasteiger partial charge is 0.329 e. The van der Waals surface area contributed by atoms with Crippen molar-refractivity contribution in [2.75, 3.05) is 0 Å². The first kappa shape index (κ1) is 21.7. The molecule has 156 valence electrons. The topological polar surface area (TPSA) is 81.2 Å². The molecule has 0 fully saturated rings. The molecular formula is C23H24ClN3O3. The van der Waals surface area contributed by atoms with Gasteiger partial charge in [-0.05, 0) is 55.7 Å². The quantitative estimate of drug-likeness (QED) is 0.564. The summed E-state index contributed by atoms with van der Waals surface area (Å²) in [5, 5.41) is 3.31. The molecule has 3 aromatic rings. The molecule has 0 spiro atoms. The van der Waals surface area contributed by atoms with Crippen molar-refractivity contribution in [2.45, 2.75) is 39.8 Å². The van der Waals surface area contributed by atoms with Crippen molar-refractivity contribution in [3.8, 4) is 0 Å². The Kier molecular flexibility index (Phi) is 7.00. The van der Waals surface area contributed by atoms with Crippen LogP contribution in [0.4, 0.5) is 0 Å². The van der Waals surface area contributed by atoms with Crippen molar-refractivity contribution in [1.82, 2.24) is 15.3 Å². The lowest BCUT2D eigenvalue weighted by Crippen LogP contribution is -2.42. The van der Waals surface area contributed by atoms with Crippen molar-refractivity contribution >= 4 is 34.5 Å². The van der Waals surface area contributed by atoms with Crippen molar-refractivity contribution in [3.63, 3.8) is 0 Å². The van der Waals surface area contributed by atoms with Crippen LogP contribution in [0.15, 0.2) is 48.5 Å². The van der Waals surface area contributed by atoms with Gasteiger partial charge in [0.1, 0.15) is 12.6 Å². The number of carbonyl (C=O) groups excluding carboxylic acids is 2. The number of aryl methyl sites for hydroxylation is 1. The number of rotatable bonds is 7. The van der Waals surface area contributed by atoms with Gasteiger partial charge in [-0.1, -0.05) is 37.6 Å². The number of halogens is 1. The SMILES string of the molecule is Cc1nc2ccccc2nc1COC(=O)C(CC(C)C)NC(=O)c1ccc(Cl)cc1. The zero-order chi connectivity index (χ0) is 21.7. The molecule has 1 unspecified atom stereocenters. The highest BCUT2D eigenvalue weighted by molar-refractivity contribution is 6.30. The Morgan fingerprint density at radius 3 is 2.30 bits per heavy atom. The lowest BCUT2D eigenvalue weighted by atomic mass is 10.0. The maximum absolute atomic E-state index is 12.7. The fraction of sp³-hybridized carbons (Fsp3) is 0.304. The predicted octanol–water partition coefficient (Wildman–Crippen LogP) is 4.48. The average molecular weight is 426 g/mol. The summed E-state index contributed by atoms with van der Waals surface area (Å²) in [5.41, 5.74) is 3.25. The van der Waals surface area contributed by atoms with Gasteiger partial charge in [-0.15, -0.1) is 0 Å². The minimum Gasteiger partial charge on any atom is -0.458 e. The number of aromatic nitrogens is 2. The molecule has 1 heterocycles. The number of carbonyl (C=O) groups is 2. The fourth-order valence-electron chi connectivity index (χ4n) is 3.03. The summed E-state index contributed by atoms with van der Waals surface area (Å²) in [6, 6.07) is 13.3. The van der Waals surface area contributed by atoms with E-state index >= 15 is 0 Å². The van der Waals surface area contributed by atoms with Crippen LogP contribution in [0.3, 0.4) is 0 Å². The van der Waals surface area contributed by atoms with E-state index in [1.807, 2.05) is 45.0 Å². The zero-order valence-corrected chi connectivity index (χ0v) is 17.9. The fourth-order valence-corrected chi connectivity index (χ4v) is 3.16. The number of nitrogens with zero attached hydrogens (tertiary/aromatic N) is 2. The van der Waals surface area contributed by atoms with Crippen molar-refractivity contribution < 1.29 is 14.3 Å². The van der Waals surface area contributed by atoms with E-state index in [4.69, 9.17) is 16.3 Å². The van der Waals surface area contributed by atoms with Gasteiger partial charge in [0.25, 0.3) is 5.91 Å². The van der Waals surface area contributed by atoms with Gasteiger partial charge in [0.05, 0.1) is 22.4 Å². The summed E-state index contributed by atoms with van der Waals surface area (Å²) in [5.74, 6) is -0.661. The van der Waals surface area contributed by atoms with Crippen LogP contribution in [0.2, 0.25) is 5.02 Å². The van der Waals surface area contributed by atoms with E-state index in [1.165, 1.54) is 0 Å². The minimum absolute atomic E-state index is 0.00604. The lowest BCUT2D eigenvalue weighted by molar-refractivity contribution is -0.147. The molecule has 0 radical (unpaired) electrons. The largest absolute Gasteiger partial charge is 0.458 e. The van der Waals surface area contributed by atoms with Crippen LogP contribution in [0.25, 0.3) is 11.0 Å². The number of nitrogens with one attached hydrogen (secondary N) is 1. The van der Waals surface area contributed by atoms with Gasteiger partial charge in [0, 0.05) is 10.6 Å². The monoisotopic (exact) mass is 425 g/mol. The summed E-state index contributed by atoms with van der Waals surface area (Å²) < 4.78 is 5.50. The van der Waals surface area contributed by atoms with E-state index in [0.717, 1.165) is 11.0 Å². The third kappa shape index (κ3) is 5.54. The molecule has 0 saturated heterocycles.